The second-order valence-corrected chi connectivity index (χ2v) is 10.4. The Labute approximate surface area is 258 Å². The number of aldehydes is 1. The molecule has 9 heteroatoms. The van der Waals surface area contributed by atoms with Crippen LogP contribution in [0.2, 0.25) is 0 Å². The van der Waals surface area contributed by atoms with E-state index >= 15 is 0 Å². The van der Waals surface area contributed by atoms with Gasteiger partial charge in [0, 0.05) is 87.9 Å². The Morgan fingerprint density at radius 3 is 1.27 bits per heavy atom. The van der Waals surface area contributed by atoms with E-state index in [0.717, 1.165) is 40.2 Å². The smallest absolute Gasteiger partial charge is 0.188 e. The molecule has 4 heterocycles. The number of nitrogens with zero attached hydrogens (tertiary/aromatic N) is 6. The summed E-state index contributed by atoms with van der Waals surface area (Å²) in [6.07, 6.45) is 8.07. The lowest BCUT2D eigenvalue weighted by Gasteiger charge is -2.27. The summed E-state index contributed by atoms with van der Waals surface area (Å²) in [5.41, 5.74) is 6.08. The minimum Gasteiger partial charge on any atom is -0.467 e. The summed E-state index contributed by atoms with van der Waals surface area (Å²) in [7, 11) is 1.60. The van der Waals surface area contributed by atoms with Crippen LogP contribution in [0.5, 0.6) is 5.75 Å². The van der Waals surface area contributed by atoms with E-state index in [4.69, 9.17) is 9.47 Å². The van der Waals surface area contributed by atoms with E-state index in [9.17, 15) is 4.79 Å². The molecule has 0 saturated carbocycles. The van der Waals surface area contributed by atoms with Gasteiger partial charge in [0.15, 0.2) is 6.79 Å². The van der Waals surface area contributed by atoms with Crippen LogP contribution in [0, 0.1) is 0 Å². The number of rotatable bonds is 16. The Hall–Kier alpha value is -4.83. The maximum absolute atomic E-state index is 12.2. The van der Waals surface area contributed by atoms with E-state index < -0.39 is 0 Å². The van der Waals surface area contributed by atoms with Gasteiger partial charge in [0.05, 0.1) is 22.8 Å². The third-order valence-corrected chi connectivity index (χ3v) is 6.96. The van der Waals surface area contributed by atoms with E-state index in [-0.39, 0.29) is 6.79 Å². The second kappa shape index (κ2) is 16.1. The van der Waals surface area contributed by atoms with Crippen LogP contribution in [0.4, 0.5) is 0 Å². The molecule has 44 heavy (non-hydrogen) atoms. The number of ether oxygens (including phenoxy) is 2. The fourth-order valence-corrected chi connectivity index (χ4v) is 5.09. The zero-order valence-electron chi connectivity index (χ0n) is 24.8. The minimum atomic E-state index is 0.0708. The summed E-state index contributed by atoms with van der Waals surface area (Å²) in [6.45, 7) is 3.44. The molecule has 0 aliphatic carbocycles. The van der Waals surface area contributed by atoms with Crippen LogP contribution in [-0.2, 0) is 44.0 Å². The van der Waals surface area contributed by atoms with E-state index in [1.807, 2.05) is 84.9 Å². The van der Waals surface area contributed by atoms with Crippen LogP contribution in [-0.4, -0.2) is 49.9 Å². The molecular formula is C35H36N6O3. The molecule has 5 aromatic rings. The Kier molecular flexibility index (Phi) is 11.2. The van der Waals surface area contributed by atoms with Crippen molar-refractivity contribution in [3.63, 3.8) is 0 Å². The normalized spacial score (nSPS) is 11.2. The Morgan fingerprint density at radius 1 is 0.591 bits per heavy atom. The summed E-state index contributed by atoms with van der Waals surface area (Å²) in [5.74, 6) is 0.691. The van der Waals surface area contributed by atoms with Crippen molar-refractivity contribution < 1.29 is 14.3 Å². The fraction of sp³-hybridized carbons (Fsp3) is 0.229. The van der Waals surface area contributed by atoms with E-state index in [1.165, 1.54) is 0 Å². The highest BCUT2D eigenvalue weighted by Gasteiger charge is 2.20. The largest absolute Gasteiger partial charge is 0.467 e. The molecule has 0 fully saturated rings. The SMILES string of the molecule is COCOc1c(CN(Cc2ccccn2)Cc2ccccn2)cc(C=O)cc1CN(Cc1ccccn1)Cc1ccccn1. The highest BCUT2D eigenvalue weighted by molar-refractivity contribution is 5.76. The number of carbonyl (C=O) groups is 1. The van der Waals surface area contributed by atoms with Crippen molar-refractivity contribution in [3.8, 4) is 5.75 Å². The molecule has 0 unspecified atom stereocenters. The summed E-state index contributed by atoms with van der Waals surface area (Å²) in [5, 5.41) is 0. The molecule has 5 rings (SSSR count). The van der Waals surface area contributed by atoms with Crippen molar-refractivity contribution in [1.82, 2.24) is 29.7 Å². The zero-order chi connectivity index (χ0) is 30.4. The van der Waals surface area contributed by atoms with Gasteiger partial charge in [-0.3, -0.25) is 34.5 Å². The average Bonchev–Trinajstić information content (AvgIpc) is 3.06. The van der Waals surface area contributed by atoms with Gasteiger partial charge in [-0.2, -0.15) is 0 Å². The van der Waals surface area contributed by atoms with Gasteiger partial charge < -0.3 is 9.47 Å². The quantitative estimate of drug-likeness (QED) is 0.110. The highest BCUT2D eigenvalue weighted by atomic mass is 16.7. The monoisotopic (exact) mass is 588 g/mol. The second-order valence-electron chi connectivity index (χ2n) is 10.4. The zero-order valence-corrected chi connectivity index (χ0v) is 24.8. The maximum Gasteiger partial charge on any atom is 0.188 e. The van der Waals surface area contributed by atoms with Crippen molar-refractivity contribution in [2.75, 3.05) is 13.9 Å². The van der Waals surface area contributed by atoms with Crippen LogP contribution in [0.15, 0.2) is 110 Å². The van der Waals surface area contributed by atoms with Crippen LogP contribution >= 0.6 is 0 Å². The molecule has 0 aliphatic heterocycles. The lowest BCUT2D eigenvalue weighted by molar-refractivity contribution is 0.0481. The Bertz CT molecular complexity index is 1380. The number of methoxy groups -OCH3 is 1. The molecule has 0 radical (unpaired) electrons. The summed E-state index contributed by atoms with van der Waals surface area (Å²) < 4.78 is 11.6. The van der Waals surface area contributed by atoms with Gasteiger partial charge in [0.1, 0.15) is 12.0 Å². The van der Waals surface area contributed by atoms with Crippen LogP contribution < -0.4 is 4.74 Å². The van der Waals surface area contributed by atoms with Crippen molar-refractivity contribution in [2.24, 2.45) is 0 Å². The Morgan fingerprint density at radius 2 is 0.977 bits per heavy atom. The predicted molar refractivity (Wildman–Crippen MR) is 167 cm³/mol. The van der Waals surface area contributed by atoms with Gasteiger partial charge in [0.2, 0.25) is 0 Å². The average molecular weight is 589 g/mol. The molecule has 0 saturated heterocycles. The lowest BCUT2D eigenvalue weighted by Crippen LogP contribution is -2.26. The van der Waals surface area contributed by atoms with Gasteiger partial charge in [-0.1, -0.05) is 24.3 Å². The van der Waals surface area contributed by atoms with E-state index in [1.54, 1.807) is 31.9 Å². The highest BCUT2D eigenvalue weighted by Crippen LogP contribution is 2.30. The topological polar surface area (TPSA) is 93.6 Å². The molecular weight excluding hydrogens is 552 g/mol. The van der Waals surface area contributed by atoms with Crippen LogP contribution in [0.1, 0.15) is 44.3 Å². The molecule has 1 aromatic carbocycles. The van der Waals surface area contributed by atoms with Crippen LogP contribution in [0.3, 0.4) is 0 Å². The molecule has 0 bridgehead atoms. The number of hydrogen-bond donors (Lipinski definition) is 0. The predicted octanol–water partition coefficient (Wildman–Crippen LogP) is 5.47. The third kappa shape index (κ3) is 9.08. The van der Waals surface area contributed by atoms with Crippen molar-refractivity contribution >= 4 is 6.29 Å². The fourth-order valence-electron chi connectivity index (χ4n) is 5.09. The number of pyridine rings is 4. The van der Waals surface area contributed by atoms with Gasteiger partial charge in [-0.15, -0.1) is 0 Å². The number of benzene rings is 1. The molecule has 0 aliphatic rings. The molecule has 0 N–H and O–H groups in total. The minimum absolute atomic E-state index is 0.0708. The summed E-state index contributed by atoms with van der Waals surface area (Å²) in [4.78, 5) is 35.0. The molecule has 4 aromatic heterocycles. The van der Waals surface area contributed by atoms with Crippen molar-refractivity contribution in [1.29, 1.82) is 0 Å². The van der Waals surface area contributed by atoms with Gasteiger partial charge in [-0.05, 0) is 60.7 Å². The van der Waals surface area contributed by atoms with E-state index in [2.05, 4.69) is 29.7 Å². The molecule has 0 spiro atoms. The van der Waals surface area contributed by atoms with Gasteiger partial charge >= 0.3 is 0 Å². The molecule has 9 nitrogen and oxygen atoms in total. The summed E-state index contributed by atoms with van der Waals surface area (Å²) >= 11 is 0. The first-order valence-electron chi connectivity index (χ1n) is 14.5. The van der Waals surface area contributed by atoms with E-state index in [0.29, 0.717) is 50.6 Å². The number of hydrogen-bond acceptors (Lipinski definition) is 9. The number of aromatic nitrogens is 4. The molecule has 0 atom stereocenters. The first-order valence-corrected chi connectivity index (χ1v) is 14.5. The van der Waals surface area contributed by atoms with Gasteiger partial charge in [0.25, 0.3) is 0 Å². The standard InChI is InChI=1S/C35H36N6O3/c1-43-27-44-35-29(20-40(22-31-10-2-6-14-36-31)23-32-11-3-7-15-37-32)18-28(26-42)19-30(35)21-41(24-33-12-4-8-16-38-33)25-34-13-5-9-17-39-34/h2-19,26H,20-25,27H2,1H3. The lowest BCUT2D eigenvalue weighted by atomic mass is 10.0. The number of carbonyl (C=O) groups excluding carboxylic acids is 1. The van der Waals surface area contributed by atoms with Crippen molar-refractivity contribution in [3.05, 3.63) is 149 Å². The summed E-state index contributed by atoms with van der Waals surface area (Å²) in [6, 6.07) is 27.4. The first-order chi connectivity index (χ1) is 21.7. The first kappa shape index (κ1) is 30.6. The molecule has 0 amide bonds. The van der Waals surface area contributed by atoms with Gasteiger partial charge in [-0.25, -0.2) is 0 Å². The third-order valence-electron chi connectivity index (χ3n) is 6.96. The molecule has 224 valence electrons. The maximum atomic E-state index is 12.2. The van der Waals surface area contributed by atoms with Crippen LogP contribution in [0.25, 0.3) is 0 Å². The Balaban J connectivity index is 1.50. The van der Waals surface area contributed by atoms with Crippen molar-refractivity contribution in [2.45, 2.75) is 39.3 Å².